The molecule has 1 aromatic rings. The van der Waals surface area contributed by atoms with Crippen LogP contribution in [0.1, 0.15) is 13.8 Å². The zero-order chi connectivity index (χ0) is 25.5. The number of hydrogen-bond donors (Lipinski definition) is 2. The fourth-order valence-electron chi connectivity index (χ4n) is 3.15. The second-order valence-electron chi connectivity index (χ2n) is 7.40. The zero-order valence-electron chi connectivity index (χ0n) is 17.0. The van der Waals surface area contributed by atoms with Crippen molar-refractivity contribution in [2.45, 2.75) is 43.9 Å². The smallest absolute Gasteiger partial charge is 0.406 e. The van der Waals surface area contributed by atoms with Gasteiger partial charge in [0.25, 0.3) is 17.7 Å². The van der Waals surface area contributed by atoms with E-state index in [0.717, 1.165) is 19.1 Å². The van der Waals surface area contributed by atoms with E-state index in [0.29, 0.717) is 13.0 Å². The van der Waals surface area contributed by atoms with Crippen LogP contribution in [-0.2, 0) is 14.4 Å². The molecule has 8 nitrogen and oxygen atoms in total. The number of carbonyl (C=O) groups excluding carboxylic acids is 3. The van der Waals surface area contributed by atoms with E-state index >= 15 is 0 Å². The van der Waals surface area contributed by atoms with Gasteiger partial charge >= 0.3 is 12.4 Å². The van der Waals surface area contributed by atoms with Gasteiger partial charge in [0.15, 0.2) is 0 Å². The van der Waals surface area contributed by atoms with Crippen LogP contribution in [0, 0.1) is 5.82 Å². The minimum atomic E-state index is -5.22. The number of hydrogen-bond acceptors (Lipinski definition) is 5. The summed E-state index contributed by atoms with van der Waals surface area (Å²) >= 11 is 0. The first kappa shape index (κ1) is 26.2. The number of nitrogens with zero attached hydrogens (tertiary/aromatic N) is 2. The third-order valence-electron chi connectivity index (χ3n) is 4.67. The molecule has 184 valence electrons. The maximum Gasteiger partial charge on any atom is 0.406 e. The first-order valence-corrected chi connectivity index (χ1v) is 9.09. The highest BCUT2D eigenvalue weighted by molar-refractivity contribution is 6.09. The first-order valence-electron chi connectivity index (χ1n) is 9.09. The Morgan fingerprint density at radius 2 is 1.76 bits per heavy atom. The normalized spacial score (nSPS) is 20.9. The molecular weight excluding hydrogens is 471 g/mol. The van der Waals surface area contributed by atoms with Crippen molar-refractivity contribution in [1.29, 1.82) is 0 Å². The second kappa shape index (κ2) is 8.68. The van der Waals surface area contributed by atoms with Gasteiger partial charge in [-0.3, -0.25) is 19.3 Å². The zero-order valence-corrected chi connectivity index (χ0v) is 17.0. The number of aliphatic hydroxyl groups is 1. The summed E-state index contributed by atoms with van der Waals surface area (Å²) in [6.07, 6.45) is -12.0. The average molecular weight is 489 g/mol. The summed E-state index contributed by atoms with van der Waals surface area (Å²) in [5.41, 5.74) is 0.876. The Bertz CT molecular complexity index is 948. The van der Waals surface area contributed by atoms with Crippen molar-refractivity contribution in [3.8, 4) is 5.75 Å². The lowest BCUT2D eigenvalue weighted by molar-refractivity contribution is -0.183. The molecule has 33 heavy (non-hydrogen) atoms. The molecule has 1 aliphatic rings. The molecule has 0 fully saturated rings. The predicted molar refractivity (Wildman–Crippen MR) is 96.3 cm³/mol. The van der Waals surface area contributed by atoms with Crippen molar-refractivity contribution in [3.05, 3.63) is 24.0 Å². The van der Waals surface area contributed by atoms with Gasteiger partial charge in [-0.05, 0) is 26.0 Å². The van der Waals surface area contributed by atoms with Crippen LogP contribution in [0.25, 0.3) is 0 Å². The Kier molecular flexibility index (Phi) is 6.88. The average Bonchev–Trinajstić information content (AvgIpc) is 2.72. The molecule has 3 amide bonds. The topological polar surface area (TPSA) is 113 Å². The fourth-order valence-corrected chi connectivity index (χ4v) is 3.15. The Morgan fingerprint density at radius 3 is 2.24 bits per heavy atom. The lowest BCUT2D eigenvalue weighted by atomic mass is 10.0. The quantitative estimate of drug-likeness (QED) is 0.481. The fraction of sp³-hybridized carbons (Fsp3) is 0.500. The van der Waals surface area contributed by atoms with Crippen LogP contribution in [0.15, 0.2) is 18.2 Å². The van der Waals surface area contributed by atoms with Gasteiger partial charge in [-0.25, -0.2) is 4.39 Å². The third kappa shape index (κ3) is 5.83. The van der Waals surface area contributed by atoms with Gasteiger partial charge in [0, 0.05) is 6.07 Å². The van der Waals surface area contributed by atoms with Crippen LogP contribution in [0.5, 0.6) is 5.75 Å². The number of nitrogens with two attached hydrogens (primary N) is 1. The maximum atomic E-state index is 13.7. The molecular formula is C18H18F7N3O5. The molecule has 2 unspecified atom stereocenters. The van der Waals surface area contributed by atoms with Gasteiger partial charge < -0.3 is 20.5 Å². The van der Waals surface area contributed by atoms with Crippen molar-refractivity contribution >= 4 is 23.4 Å². The number of ether oxygens (including phenoxy) is 1. The molecule has 2 rings (SSSR count). The largest absolute Gasteiger partial charge is 0.486 e. The second-order valence-corrected chi connectivity index (χ2v) is 7.40. The van der Waals surface area contributed by atoms with Gasteiger partial charge in [0.05, 0.1) is 5.69 Å². The molecule has 3 atom stereocenters. The minimum Gasteiger partial charge on any atom is -0.486 e. The molecule has 0 bridgehead atoms. The highest BCUT2D eigenvalue weighted by atomic mass is 19.4. The molecule has 15 heteroatoms. The van der Waals surface area contributed by atoms with Gasteiger partial charge in [-0.15, -0.1) is 0 Å². The van der Waals surface area contributed by atoms with E-state index in [2.05, 4.69) is 0 Å². The van der Waals surface area contributed by atoms with E-state index < -0.39 is 78.2 Å². The van der Waals surface area contributed by atoms with E-state index in [-0.39, 0.29) is 9.80 Å². The predicted octanol–water partition coefficient (Wildman–Crippen LogP) is 1.50. The number of rotatable bonds is 5. The van der Waals surface area contributed by atoms with Crippen LogP contribution in [0.4, 0.5) is 36.4 Å². The number of primary amides is 1. The Labute approximate surface area is 181 Å². The van der Waals surface area contributed by atoms with E-state index in [1.165, 1.54) is 0 Å². The number of carbonyl (C=O) groups is 3. The standard InChI is InChI=1S/C18H18F7N3O5/c1-8-12(28(7-18(23,24)25)15(31)16(2,32)14(26)30)13(29)27(6-17(20,21)22)10-5-9(19)3-4-11(10)33-8/h3-5,8,12,32H,6-7H2,1-2H3,(H2,26,30)/t8-,12?,16?/m1/s1. The molecule has 1 aliphatic heterocycles. The number of alkyl halides is 6. The van der Waals surface area contributed by atoms with E-state index in [4.69, 9.17) is 10.5 Å². The molecule has 0 aromatic heterocycles. The van der Waals surface area contributed by atoms with Crippen molar-refractivity contribution in [1.82, 2.24) is 4.90 Å². The van der Waals surface area contributed by atoms with Crippen molar-refractivity contribution in [2.75, 3.05) is 18.0 Å². The van der Waals surface area contributed by atoms with Crippen LogP contribution in [0.2, 0.25) is 0 Å². The lowest BCUT2D eigenvalue weighted by Crippen LogP contribution is -2.64. The summed E-state index contributed by atoms with van der Waals surface area (Å²) in [6, 6.07) is -0.277. The molecule has 0 radical (unpaired) electrons. The summed E-state index contributed by atoms with van der Waals surface area (Å²) in [4.78, 5) is 36.8. The number of fused-ring (bicyclic) bond motifs is 1. The van der Waals surface area contributed by atoms with Crippen LogP contribution in [-0.4, -0.2) is 70.9 Å². The molecule has 0 spiro atoms. The molecule has 0 saturated heterocycles. The van der Waals surface area contributed by atoms with E-state index in [1.807, 2.05) is 0 Å². The Hall–Kier alpha value is -3.10. The molecule has 0 saturated carbocycles. The highest BCUT2D eigenvalue weighted by Crippen LogP contribution is 2.37. The molecule has 3 N–H and O–H groups in total. The Balaban J connectivity index is 2.69. The summed E-state index contributed by atoms with van der Waals surface area (Å²) in [5, 5.41) is 10.0. The summed E-state index contributed by atoms with van der Waals surface area (Å²) in [5.74, 6) is -7.05. The van der Waals surface area contributed by atoms with Crippen molar-refractivity contribution in [2.24, 2.45) is 5.73 Å². The molecule has 0 aliphatic carbocycles. The summed E-state index contributed by atoms with van der Waals surface area (Å²) in [7, 11) is 0. The van der Waals surface area contributed by atoms with Crippen molar-refractivity contribution < 1.29 is 55.0 Å². The van der Waals surface area contributed by atoms with Gasteiger partial charge in [0.2, 0.25) is 5.60 Å². The molecule has 1 aromatic carbocycles. The van der Waals surface area contributed by atoms with Gasteiger partial charge in [-0.1, -0.05) is 0 Å². The number of amides is 3. The number of anilines is 1. The van der Waals surface area contributed by atoms with Crippen LogP contribution in [0.3, 0.4) is 0 Å². The molecule has 1 heterocycles. The van der Waals surface area contributed by atoms with Gasteiger partial charge in [-0.2, -0.15) is 26.3 Å². The third-order valence-corrected chi connectivity index (χ3v) is 4.67. The first-order chi connectivity index (χ1) is 14.8. The number of halogens is 7. The maximum absolute atomic E-state index is 13.7. The van der Waals surface area contributed by atoms with Crippen LogP contribution < -0.4 is 15.4 Å². The minimum absolute atomic E-state index is 0.0811. The monoisotopic (exact) mass is 489 g/mol. The Morgan fingerprint density at radius 1 is 1.18 bits per heavy atom. The lowest BCUT2D eigenvalue weighted by Gasteiger charge is -2.37. The van der Waals surface area contributed by atoms with Crippen molar-refractivity contribution in [3.63, 3.8) is 0 Å². The number of benzene rings is 1. The highest BCUT2D eigenvalue weighted by Gasteiger charge is 2.52. The van der Waals surface area contributed by atoms with E-state index in [1.54, 1.807) is 0 Å². The van der Waals surface area contributed by atoms with Crippen LogP contribution >= 0.6 is 0 Å². The SMILES string of the molecule is C[C@H]1Oc2ccc(F)cc2N(CC(F)(F)F)C(=O)C1N(CC(F)(F)F)C(=O)C(C)(O)C(N)=O. The summed E-state index contributed by atoms with van der Waals surface area (Å²) in [6.45, 7) is -2.87. The van der Waals surface area contributed by atoms with Gasteiger partial charge in [0.1, 0.15) is 36.8 Å². The van der Waals surface area contributed by atoms with E-state index in [9.17, 15) is 50.2 Å². The summed E-state index contributed by atoms with van der Waals surface area (Å²) < 4.78 is 98.4.